The lowest BCUT2D eigenvalue weighted by Crippen LogP contribution is -2.48. The molecule has 1 fully saturated rings. The average molecular weight is 401 g/mol. The van der Waals surface area contributed by atoms with E-state index in [0.717, 1.165) is 5.56 Å². The summed E-state index contributed by atoms with van der Waals surface area (Å²) in [4.78, 5) is 27.2. The fourth-order valence-electron chi connectivity index (χ4n) is 2.88. The first-order valence-electron chi connectivity index (χ1n) is 9.04. The lowest BCUT2D eigenvalue weighted by atomic mass is 10.2. The lowest BCUT2D eigenvalue weighted by Gasteiger charge is -2.26. The number of nitrogens with one attached hydrogen (secondary N) is 1. The molecule has 0 bridgehead atoms. The Morgan fingerprint density at radius 1 is 1.11 bits per heavy atom. The Kier molecular flexibility index (Phi) is 6.46. The van der Waals surface area contributed by atoms with Crippen LogP contribution in [-0.4, -0.2) is 47.6 Å². The summed E-state index contributed by atoms with van der Waals surface area (Å²) in [6, 6.07) is 14.1. The molecule has 6 nitrogen and oxygen atoms in total. The zero-order valence-corrected chi connectivity index (χ0v) is 17.0. The largest absolute Gasteiger partial charge is 0.497 e. The van der Waals surface area contributed by atoms with Gasteiger partial charge in [0.15, 0.2) is 6.10 Å². The summed E-state index contributed by atoms with van der Waals surface area (Å²) in [5.74, 6) is 1.99. The SMILES string of the molecule is COc1ccc(NC(=O)C2CSCN2C(=O)C(C)Oc2ccc(C)cc2)cc1. The number of hydrogen-bond acceptors (Lipinski definition) is 5. The summed E-state index contributed by atoms with van der Waals surface area (Å²) in [6.45, 7) is 3.70. The van der Waals surface area contributed by atoms with Gasteiger partial charge in [-0.15, -0.1) is 11.8 Å². The van der Waals surface area contributed by atoms with E-state index in [1.54, 1.807) is 55.0 Å². The van der Waals surface area contributed by atoms with Crippen molar-refractivity contribution in [2.24, 2.45) is 0 Å². The summed E-state index contributed by atoms with van der Waals surface area (Å²) >= 11 is 1.56. The quantitative estimate of drug-likeness (QED) is 0.806. The smallest absolute Gasteiger partial charge is 0.264 e. The fraction of sp³-hybridized carbons (Fsp3) is 0.333. The van der Waals surface area contributed by atoms with Gasteiger partial charge >= 0.3 is 0 Å². The van der Waals surface area contributed by atoms with Crippen molar-refractivity contribution in [3.05, 3.63) is 54.1 Å². The van der Waals surface area contributed by atoms with Crippen LogP contribution in [0.15, 0.2) is 48.5 Å². The van der Waals surface area contributed by atoms with Crippen molar-refractivity contribution in [3.63, 3.8) is 0 Å². The molecule has 7 heteroatoms. The number of hydrogen-bond donors (Lipinski definition) is 1. The van der Waals surface area contributed by atoms with Crippen molar-refractivity contribution in [1.29, 1.82) is 0 Å². The molecule has 0 aromatic heterocycles. The van der Waals surface area contributed by atoms with Gasteiger partial charge in [-0.2, -0.15) is 0 Å². The van der Waals surface area contributed by atoms with Gasteiger partial charge in [-0.1, -0.05) is 17.7 Å². The van der Waals surface area contributed by atoms with Gasteiger partial charge in [0.2, 0.25) is 5.91 Å². The van der Waals surface area contributed by atoms with Crippen LogP contribution in [0.1, 0.15) is 12.5 Å². The first-order chi connectivity index (χ1) is 13.5. The van der Waals surface area contributed by atoms with Gasteiger partial charge in [-0.25, -0.2) is 0 Å². The third-order valence-electron chi connectivity index (χ3n) is 4.51. The van der Waals surface area contributed by atoms with E-state index in [2.05, 4.69) is 5.32 Å². The minimum absolute atomic E-state index is 0.194. The van der Waals surface area contributed by atoms with Gasteiger partial charge < -0.3 is 19.7 Å². The van der Waals surface area contributed by atoms with Gasteiger partial charge in [0.1, 0.15) is 17.5 Å². The Balaban J connectivity index is 1.62. The predicted octanol–water partition coefficient (Wildman–Crippen LogP) is 3.31. The predicted molar refractivity (Wildman–Crippen MR) is 111 cm³/mol. The zero-order chi connectivity index (χ0) is 20.1. The number of nitrogens with zero attached hydrogens (tertiary/aromatic N) is 1. The van der Waals surface area contributed by atoms with E-state index in [1.807, 2.05) is 31.2 Å². The topological polar surface area (TPSA) is 67.9 Å². The molecule has 0 saturated carbocycles. The summed E-state index contributed by atoms with van der Waals surface area (Å²) in [5, 5.41) is 2.87. The average Bonchev–Trinajstić information content (AvgIpc) is 3.19. The van der Waals surface area contributed by atoms with Crippen molar-refractivity contribution in [2.75, 3.05) is 24.1 Å². The van der Waals surface area contributed by atoms with E-state index in [0.29, 0.717) is 28.8 Å². The minimum Gasteiger partial charge on any atom is -0.497 e. The number of carbonyl (C=O) groups excluding carboxylic acids is 2. The maximum Gasteiger partial charge on any atom is 0.264 e. The van der Waals surface area contributed by atoms with E-state index < -0.39 is 12.1 Å². The highest BCUT2D eigenvalue weighted by Crippen LogP contribution is 2.25. The first kappa shape index (κ1) is 20.1. The Morgan fingerprint density at radius 3 is 2.39 bits per heavy atom. The van der Waals surface area contributed by atoms with Crippen LogP contribution >= 0.6 is 11.8 Å². The molecule has 148 valence electrons. The highest BCUT2D eigenvalue weighted by molar-refractivity contribution is 7.99. The standard InChI is InChI=1S/C21H24N2O4S/c1-14-4-8-18(9-5-14)27-15(2)21(25)23-13-28-12-19(23)20(24)22-16-6-10-17(26-3)11-7-16/h4-11,15,19H,12-13H2,1-3H3,(H,22,24). The van der Waals surface area contributed by atoms with Crippen LogP contribution in [0, 0.1) is 6.92 Å². The Labute approximate surface area is 169 Å². The molecule has 2 aromatic carbocycles. The Morgan fingerprint density at radius 2 is 1.75 bits per heavy atom. The number of benzene rings is 2. The van der Waals surface area contributed by atoms with Crippen LogP contribution in [0.25, 0.3) is 0 Å². The van der Waals surface area contributed by atoms with Gasteiger partial charge in [0.25, 0.3) is 5.91 Å². The maximum atomic E-state index is 12.9. The number of anilines is 1. The fourth-order valence-corrected chi connectivity index (χ4v) is 4.05. The second kappa shape index (κ2) is 9.01. The molecule has 1 aliphatic heterocycles. The number of methoxy groups -OCH3 is 1. The van der Waals surface area contributed by atoms with Crippen molar-refractivity contribution in [1.82, 2.24) is 4.90 Å². The number of thioether (sulfide) groups is 1. The van der Waals surface area contributed by atoms with E-state index >= 15 is 0 Å². The van der Waals surface area contributed by atoms with Crippen LogP contribution in [0.3, 0.4) is 0 Å². The van der Waals surface area contributed by atoms with Gasteiger partial charge in [-0.3, -0.25) is 9.59 Å². The monoisotopic (exact) mass is 400 g/mol. The lowest BCUT2D eigenvalue weighted by molar-refractivity contribution is -0.141. The summed E-state index contributed by atoms with van der Waals surface area (Å²) in [5.41, 5.74) is 1.79. The summed E-state index contributed by atoms with van der Waals surface area (Å²) in [7, 11) is 1.59. The molecular weight excluding hydrogens is 376 g/mol. The molecule has 2 aromatic rings. The molecule has 3 rings (SSSR count). The molecule has 1 N–H and O–H groups in total. The molecule has 2 atom stereocenters. The molecule has 0 radical (unpaired) electrons. The number of aryl methyl sites for hydroxylation is 1. The van der Waals surface area contributed by atoms with Crippen LogP contribution in [0.5, 0.6) is 11.5 Å². The molecule has 1 heterocycles. The van der Waals surface area contributed by atoms with Gasteiger partial charge in [-0.05, 0) is 50.2 Å². The van der Waals surface area contributed by atoms with Gasteiger partial charge in [0, 0.05) is 11.4 Å². The Bertz CT molecular complexity index is 823. The van der Waals surface area contributed by atoms with E-state index in [-0.39, 0.29) is 11.8 Å². The highest BCUT2D eigenvalue weighted by Gasteiger charge is 2.37. The maximum absolute atomic E-state index is 12.9. The van der Waals surface area contributed by atoms with Crippen molar-refractivity contribution in [3.8, 4) is 11.5 Å². The van der Waals surface area contributed by atoms with E-state index in [4.69, 9.17) is 9.47 Å². The number of ether oxygens (including phenoxy) is 2. The van der Waals surface area contributed by atoms with Gasteiger partial charge in [0.05, 0.1) is 13.0 Å². The van der Waals surface area contributed by atoms with Crippen LogP contribution < -0.4 is 14.8 Å². The van der Waals surface area contributed by atoms with Crippen molar-refractivity contribution in [2.45, 2.75) is 26.0 Å². The van der Waals surface area contributed by atoms with Crippen LogP contribution in [-0.2, 0) is 9.59 Å². The third-order valence-corrected chi connectivity index (χ3v) is 5.52. The first-order valence-corrected chi connectivity index (χ1v) is 10.2. The Hall–Kier alpha value is -2.67. The van der Waals surface area contributed by atoms with Crippen molar-refractivity contribution < 1.29 is 19.1 Å². The second-order valence-corrected chi connectivity index (χ2v) is 7.61. The second-order valence-electron chi connectivity index (χ2n) is 6.61. The van der Waals surface area contributed by atoms with Crippen molar-refractivity contribution >= 4 is 29.3 Å². The molecule has 28 heavy (non-hydrogen) atoms. The minimum atomic E-state index is -0.669. The molecule has 0 aliphatic carbocycles. The zero-order valence-electron chi connectivity index (χ0n) is 16.2. The number of carbonyl (C=O) groups is 2. The molecule has 2 unspecified atom stereocenters. The normalized spacial score (nSPS) is 17.1. The third kappa shape index (κ3) is 4.78. The summed E-state index contributed by atoms with van der Waals surface area (Å²) in [6.07, 6.45) is -0.669. The van der Waals surface area contributed by atoms with Crippen LogP contribution in [0.2, 0.25) is 0 Å². The molecular formula is C21H24N2O4S. The van der Waals surface area contributed by atoms with E-state index in [1.165, 1.54) is 0 Å². The summed E-state index contributed by atoms with van der Waals surface area (Å²) < 4.78 is 10.9. The van der Waals surface area contributed by atoms with Crippen LogP contribution in [0.4, 0.5) is 5.69 Å². The van der Waals surface area contributed by atoms with E-state index in [9.17, 15) is 9.59 Å². The molecule has 1 aliphatic rings. The number of amides is 2. The molecule has 0 spiro atoms. The molecule has 2 amide bonds. The number of rotatable bonds is 6. The highest BCUT2D eigenvalue weighted by atomic mass is 32.2. The molecule has 1 saturated heterocycles.